The molecule has 0 unspecified atom stereocenters. The third-order valence-electron chi connectivity index (χ3n) is 1.30. The predicted octanol–water partition coefficient (Wildman–Crippen LogP) is 0.366. The number of carbonyl (C=O) groups is 5. The zero-order valence-electron chi connectivity index (χ0n) is 14.4. The molecule has 0 spiro atoms. The fourth-order valence-electron chi connectivity index (χ4n) is 0.598. The molecule has 0 heterocycles. The van der Waals surface area contributed by atoms with Crippen LogP contribution in [-0.4, -0.2) is 29.3 Å². The molecule has 0 aromatic rings. The molecule has 0 fully saturated rings. The maximum Gasteiger partial charge on any atom is 0.240 e. The van der Waals surface area contributed by atoms with E-state index in [2.05, 4.69) is 12.3 Å². The quantitative estimate of drug-likeness (QED) is 0.472. The largest absolute Gasteiger partial charge is 0.370 e. The molecular weight excluding hydrogens is 302 g/mol. The van der Waals surface area contributed by atoms with Crippen LogP contribution in [0.4, 0.5) is 0 Å². The van der Waals surface area contributed by atoms with Crippen LogP contribution in [-0.2, 0) is 24.0 Å². The van der Waals surface area contributed by atoms with Crippen LogP contribution in [0.5, 0.6) is 0 Å². The summed E-state index contributed by atoms with van der Waals surface area (Å²) in [6.45, 7) is 9.20. The van der Waals surface area contributed by atoms with Crippen molar-refractivity contribution in [3.63, 3.8) is 0 Å². The number of hydrogen-bond donors (Lipinski definition) is 3. The van der Waals surface area contributed by atoms with Crippen molar-refractivity contribution in [1.82, 2.24) is 0 Å². The van der Waals surface area contributed by atoms with Gasteiger partial charge in [-0.05, 0) is 46.6 Å². The first-order valence-corrected chi connectivity index (χ1v) is 6.79. The number of primary amides is 3. The van der Waals surface area contributed by atoms with Crippen molar-refractivity contribution in [2.45, 2.75) is 53.4 Å². The smallest absolute Gasteiger partial charge is 0.240 e. The lowest BCUT2D eigenvalue weighted by Crippen LogP contribution is -2.12. The minimum Gasteiger partial charge on any atom is -0.370 e. The van der Waals surface area contributed by atoms with Gasteiger partial charge in [-0.25, -0.2) is 0 Å². The molecule has 0 aromatic heterocycles. The van der Waals surface area contributed by atoms with Crippen LogP contribution in [0.3, 0.4) is 0 Å². The topological polar surface area (TPSA) is 163 Å². The Hall–Kier alpha value is -2.51. The molecule has 134 valence electrons. The van der Waals surface area contributed by atoms with Crippen molar-refractivity contribution in [3.05, 3.63) is 12.7 Å². The Morgan fingerprint density at radius 3 is 1.00 bits per heavy atom. The van der Waals surface area contributed by atoms with Crippen LogP contribution in [0, 0.1) is 0 Å². The van der Waals surface area contributed by atoms with Crippen LogP contribution in [0.25, 0.3) is 0 Å². The zero-order valence-corrected chi connectivity index (χ0v) is 14.4. The third-order valence-corrected chi connectivity index (χ3v) is 1.30. The van der Waals surface area contributed by atoms with E-state index in [0.29, 0.717) is 25.7 Å². The Labute approximate surface area is 137 Å². The zero-order chi connectivity index (χ0) is 19.4. The summed E-state index contributed by atoms with van der Waals surface area (Å²) in [6, 6.07) is 0. The van der Waals surface area contributed by atoms with Crippen molar-refractivity contribution in [1.29, 1.82) is 0 Å². The Morgan fingerprint density at radius 2 is 0.913 bits per heavy atom. The maximum absolute atomic E-state index is 10.2. The van der Waals surface area contributed by atoms with Crippen molar-refractivity contribution in [2.24, 2.45) is 17.2 Å². The summed E-state index contributed by atoms with van der Waals surface area (Å²) in [5.74, 6) is -0.807. The Kier molecular flexibility index (Phi) is 27.1. The second-order valence-corrected chi connectivity index (χ2v) is 4.56. The van der Waals surface area contributed by atoms with Gasteiger partial charge < -0.3 is 26.8 Å². The van der Waals surface area contributed by atoms with E-state index in [1.165, 1.54) is 27.7 Å². The van der Waals surface area contributed by atoms with Crippen LogP contribution in [0.1, 0.15) is 53.4 Å². The Bertz CT molecular complexity index is 357. The summed E-state index contributed by atoms with van der Waals surface area (Å²) in [5.41, 5.74) is 14.2. The number of nitrogens with two attached hydrogens (primary N) is 3. The molecule has 8 heteroatoms. The van der Waals surface area contributed by atoms with Gasteiger partial charge in [0.1, 0.15) is 11.6 Å². The first-order valence-electron chi connectivity index (χ1n) is 6.79. The predicted molar refractivity (Wildman–Crippen MR) is 89.0 cm³/mol. The van der Waals surface area contributed by atoms with Crippen molar-refractivity contribution in [2.75, 3.05) is 0 Å². The second kappa shape index (κ2) is 21.8. The number of rotatable bonds is 6. The fraction of sp³-hybridized carbons (Fsp3) is 0.533. The van der Waals surface area contributed by atoms with Gasteiger partial charge in [0, 0.05) is 12.8 Å². The van der Waals surface area contributed by atoms with Crippen LogP contribution in [0.2, 0.25) is 0 Å². The van der Waals surface area contributed by atoms with E-state index in [4.69, 9.17) is 11.5 Å². The lowest BCUT2D eigenvalue weighted by molar-refractivity contribution is -0.119. The van der Waals surface area contributed by atoms with E-state index in [1.807, 2.05) is 0 Å². The van der Waals surface area contributed by atoms with Gasteiger partial charge in [0.05, 0.1) is 0 Å². The van der Waals surface area contributed by atoms with E-state index in [1.54, 1.807) is 0 Å². The van der Waals surface area contributed by atoms with Gasteiger partial charge in [0.15, 0.2) is 0 Å². The standard InChI is InChI=1S/C6H12N2O2.C3H5NO.2C3H6O/c7-5(9)3-1-2-4-6(8)10;1-2-3(4)5;2*1-3(2)4/h1-4H2,(H2,7,9)(H2,8,10);2H,1H2,(H2,4,5);2*1-2H3. The van der Waals surface area contributed by atoms with Crippen molar-refractivity contribution in [3.8, 4) is 0 Å². The van der Waals surface area contributed by atoms with E-state index in [0.717, 1.165) is 6.08 Å². The molecule has 0 aliphatic carbocycles. The van der Waals surface area contributed by atoms with Gasteiger partial charge >= 0.3 is 0 Å². The summed E-state index contributed by atoms with van der Waals surface area (Å²) in [5, 5.41) is 0. The van der Waals surface area contributed by atoms with Gasteiger partial charge in [0.2, 0.25) is 17.7 Å². The molecule has 23 heavy (non-hydrogen) atoms. The minimum absolute atomic E-state index is 0.167. The van der Waals surface area contributed by atoms with E-state index in [-0.39, 0.29) is 23.4 Å². The van der Waals surface area contributed by atoms with Gasteiger partial charge in [0.25, 0.3) is 0 Å². The summed E-state index contributed by atoms with van der Waals surface area (Å²) in [7, 11) is 0. The highest BCUT2D eigenvalue weighted by atomic mass is 16.2. The molecule has 0 saturated heterocycles. The van der Waals surface area contributed by atoms with Crippen LogP contribution in [0.15, 0.2) is 12.7 Å². The average molecular weight is 331 g/mol. The molecule has 8 nitrogen and oxygen atoms in total. The van der Waals surface area contributed by atoms with E-state index < -0.39 is 5.91 Å². The summed E-state index contributed by atoms with van der Waals surface area (Å²) in [6.07, 6.45) is 3.04. The number of Topliss-reactive ketones (excluding diaryl/α,β-unsaturated/α-hetero) is 2. The molecule has 3 amide bonds. The summed E-state index contributed by atoms with van der Waals surface area (Å²) < 4.78 is 0. The molecule has 0 saturated carbocycles. The lowest BCUT2D eigenvalue weighted by atomic mass is 10.2. The molecule has 0 aliphatic rings. The minimum atomic E-state index is -0.481. The summed E-state index contributed by atoms with van der Waals surface area (Å²) in [4.78, 5) is 48.7. The molecule has 0 aromatic carbocycles. The first-order chi connectivity index (χ1) is 10.4. The average Bonchev–Trinajstić information content (AvgIpc) is 2.33. The van der Waals surface area contributed by atoms with Crippen molar-refractivity contribution >= 4 is 29.3 Å². The van der Waals surface area contributed by atoms with Gasteiger partial charge in [-0.1, -0.05) is 6.58 Å². The van der Waals surface area contributed by atoms with Gasteiger partial charge in [-0.2, -0.15) is 0 Å². The molecule has 6 N–H and O–H groups in total. The Balaban J connectivity index is -0.000000117. The monoisotopic (exact) mass is 331 g/mol. The van der Waals surface area contributed by atoms with Crippen LogP contribution >= 0.6 is 0 Å². The van der Waals surface area contributed by atoms with Crippen LogP contribution < -0.4 is 17.2 Å². The normalized spacial score (nSPS) is 7.65. The van der Waals surface area contributed by atoms with Gasteiger partial charge in [-0.15, -0.1) is 0 Å². The Morgan fingerprint density at radius 1 is 0.739 bits per heavy atom. The molecule has 0 rings (SSSR count). The molecule has 0 atom stereocenters. The maximum atomic E-state index is 10.2. The van der Waals surface area contributed by atoms with Crippen molar-refractivity contribution < 1.29 is 24.0 Å². The number of unbranched alkanes of at least 4 members (excludes halogenated alkanes) is 1. The van der Waals surface area contributed by atoms with E-state index >= 15 is 0 Å². The molecular formula is C15H29N3O5. The SMILES string of the molecule is C=CC(N)=O.CC(C)=O.CC(C)=O.NC(=O)CCCCC(N)=O. The highest BCUT2D eigenvalue weighted by Gasteiger charge is 1.96. The number of hydrogen-bond acceptors (Lipinski definition) is 5. The molecule has 0 radical (unpaired) electrons. The van der Waals surface area contributed by atoms with Gasteiger partial charge in [-0.3, -0.25) is 14.4 Å². The fourth-order valence-corrected chi connectivity index (χ4v) is 0.598. The number of carbonyl (C=O) groups excluding carboxylic acids is 5. The van der Waals surface area contributed by atoms with E-state index in [9.17, 15) is 24.0 Å². The number of amides is 3. The second-order valence-electron chi connectivity index (χ2n) is 4.56. The third kappa shape index (κ3) is 142. The molecule has 0 bridgehead atoms. The number of ketones is 2. The lowest BCUT2D eigenvalue weighted by Gasteiger charge is -1.93. The first kappa shape index (κ1) is 28.6. The highest BCUT2D eigenvalue weighted by Crippen LogP contribution is 1.97. The summed E-state index contributed by atoms with van der Waals surface area (Å²) >= 11 is 0. The highest BCUT2D eigenvalue weighted by molar-refractivity contribution is 5.85. The molecule has 0 aliphatic heterocycles.